The zero-order valence-corrected chi connectivity index (χ0v) is 18.2. The van der Waals surface area contributed by atoms with Gasteiger partial charge in [-0.05, 0) is 78.9 Å². The molecule has 0 aromatic heterocycles. The van der Waals surface area contributed by atoms with Crippen LogP contribution in [-0.2, 0) is 0 Å². The second-order valence-corrected chi connectivity index (χ2v) is 9.87. The maximum absolute atomic E-state index is 14.6. The number of rotatable bonds is 7. The molecule has 0 spiro atoms. The standard InChI is InChI=1S/C27H35F3/c1-2-3-4-5-6-7-18-8-9-20-15-21(11-10-19(20)14-18)23-16-22-12-13-24(28)27(30)26(22)25(29)17-23/h12-13,16-21H,2-11,14-15H2,1H3/t18-,19?,20-,21?/m1/s1. The molecule has 2 saturated carbocycles. The third-order valence-corrected chi connectivity index (χ3v) is 7.89. The second kappa shape index (κ2) is 9.75. The van der Waals surface area contributed by atoms with E-state index < -0.39 is 17.5 Å². The summed E-state index contributed by atoms with van der Waals surface area (Å²) >= 11 is 0. The molecule has 0 nitrogen and oxygen atoms in total. The summed E-state index contributed by atoms with van der Waals surface area (Å²) in [5, 5.41) is 0.254. The lowest BCUT2D eigenvalue weighted by atomic mass is 9.63. The Morgan fingerprint density at radius 2 is 1.57 bits per heavy atom. The van der Waals surface area contributed by atoms with E-state index in [1.54, 1.807) is 0 Å². The average molecular weight is 417 g/mol. The number of hydrogen-bond donors (Lipinski definition) is 0. The molecule has 0 heterocycles. The summed E-state index contributed by atoms with van der Waals surface area (Å²) in [4.78, 5) is 0. The molecular formula is C27H35F3. The fourth-order valence-electron chi connectivity index (χ4n) is 6.19. The van der Waals surface area contributed by atoms with Crippen molar-refractivity contribution < 1.29 is 13.2 Å². The molecule has 2 aliphatic rings. The summed E-state index contributed by atoms with van der Waals surface area (Å²) < 4.78 is 42.1. The van der Waals surface area contributed by atoms with Crippen LogP contribution in [0.25, 0.3) is 10.8 Å². The van der Waals surface area contributed by atoms with Crippen LogP contribution in [0.2, 0.25) is 0 Å². The first-order chi connectivity index (χ1) is 14.6. The Kier molecular flexibility index (Phi) is 7.05. The van der Waals surface area contributed by atoms with Crippen LogP contribution in [0.3, 0.4) is 0 Å². The molecule has 30 heavy (non-hydrogen) atoms. The first-order valence-electron chi connectivity index (χ1n) is 12.1. The molecule has 0 saturated heterocycles. The highest BCUT2D eigenvalue weighted by Crippen LogP contribution is 2.48. The molecule has 3 heteroatoms. The molecule has 2 aromatic carbocycles. The normalized spacial score (nSPS) is 26.7. The molecule has 0 bridgehead atoms. The van der Waals surface area contributed by atoms with Crippen LogP contribution in [-0.4, -0.2) is 0 Å². The SMILES string of the molecule is CCCCCCC[C@@H]1CC[C@@H]2CC(c3cc(F)c4c(F)c(F)ccc4c3)CCC2C1. The highest BCUT2D eigenvalue weighted by atomic mass is 19.2. The van der Waals surface area contributed by atoms with Gasteiger partial charge in [-0.1, -0.05) is 64.0 Å². The fourth-order valence-corrected chi connectivity index (χ4v) is 6.19. The van der Waals surface area contributed by atoms with Gasteiger partial charge in [-0.15, -0.1) is 0 Å². The fraction of sp³-hybridized carbons (Fsp3) is 0.630. The summed E-state index contributed by atoms with van der Waals surface area (Å²) in [6.45, 7) is 2.27. The first kappa shape index (κ1) is 21.7. The van der Waals surface area contributed by atoms with Crippen molar-refractivity contribution in [2.24, 2.45) is 17.8 Å². The van der Waals surface area contributed by atoms with E-state index in [0.29, 0.717) is 11.3 Å². The van der Waals surface area contributed by atoms with E-state index in [2.05, 4.69) is 6.92 Å². The largest absolute Gasteiger partial charge is 0.206 e. The van der Waals surface area contributed by atoms with Crippen molar-refractivity contribution in [3.05, 3.63) is 47.3 Å². The third-order valence-electron chi connectivity index (χ3n) is 7.89. The Morgan fingerprint density at radius 3 is 2.40 bits per heavy atom. The van der Waals surface area contributed by atoms with Crippen molar-refractivity contribution in [1.29, 1.82) is 0 Å². The van der Waals surface area contributed by atoms with Gasteiger partial charge in [0.25, 0.3) is 0 Å². The van der Waals surface area contributed by atoms with E-state index in [1.807, 2.05) is 6.07 Å². The van der Waals surface area contributed by atoms with E-state index in [0.717, 1.165) is 42.2 Å². The number of unbranched alkanes of at least 4 members (excludes halogenated alkanes) is 4. The number of fused-ring (bicyclic) bond motifs is 2. The Balaban J connectivity index is 1.37. The molecule has 0 radical (unpaired) electrons. The predicted octanol–water partition coefficient (Wildman–Crippen LogP) is 8.92. The van der Waals surface area contributed by atoms with Gasteiger partial charge in [-0.2, -0.15) is 0 Å². The van der Waals surface area contributed by atoms with E-state index >= 15 is 0 Å². The van der Waals surface area contributed by atoms with E-state index in [9.17, 15) is 13.2 Å². The van der Waals surface area contributed by atoms with Gasteiger partial charge in [0, 0.05) is 0 Å². The van der Waals surface area contributed by atoms with E-state index in [1.165, 1.54) is 76.3 Å². The molecule has 0 N–H and O–H groups in total. The molecule has 164 valence electrons. The Hall–Kier alpha value is -1.51. The molecule has 4 atom stereocenters. The second-order valence-electron chi connectivity index (χ2n) is 9.87. The van der Waals surface area contributed by atoms with Gasteiger partial charge in [-0.3, -0.25) is 0 Å². The van der Waals surface area contributed by atoms with Crippen LogP contribution in [0.15, 0.2) is 24.3 Å². The van der Waals surface area contributed by atoms with Crippen LogP contribution in [0, 0.1) is 35.2 Å². The van der Waals surface area contributed by atoms with Crippen LogP contribution in [0.1, 0.15) is 95.5 Å². The lowest BCUT2D eigenvalue weighted by Crippen LogP contribution is -2.30. The Bertz CT molecular complexity index is 859. The van der Waals surface area contributed by atoms with Gasteiger partial charge in [0.15, 0.2) is 11.6 Å². The molecule has 2 aromatic rings. The summed E-state index contributed by atoms with van der Waals surface area (Å²) in [5.74, 6) is 0.110. The Morgan fingerprint density at radius 1 is 0.800 bits per heavy atom. The van der Waals surface area contributed by atoms with Gasteiger partial charge < -0.3 is 0 Å². The summed E-state index contributed by atoms with van der Waals surface area (Å²) in [6.07, 6.45) is 15.7. The average Bonchev–Trinajstić information content (AvgIpc) is 2.75. The summed E-state index contributed by atoms with van der Waals surface area (Å²) in [6, 6.07) is 5.94. The minimum absolute atomic E-state index is 0.216. The monoisotopic (exact) mass is 416 g/mol. The van der Waals surface area contributed by atoms with Crippen LogP contribution >= 0.6 is 0 Å². The van der Waals surface area contributed by atoms with Crippen molar-refractivity contribution in [3.8, 4) is 0 Å². The topological polar surface area (TPSA) is 0 Å². The third kappa shape index (κ3) is 4.70. The van der Waals surface area contributed by atoms with Crippen LogP contribution in [0.5, 0.6) is 0 Å². The van der Waals surface area contributed by atoms with Crippen LogP contribution in [0.4, 0.5) is 13.2 Å². The summed E-state index contributed by atoms with van der Waals surface area (Å²) in [5.41, 5.74) is 0.961. The predicted molar refractivity (Wildman–Crippen MR) is 118 cm³/mol. The van der Waals surface area contributed by atoms with Gasteiger partial charge in [-0.25, -0.2) is 13.2 Å². The van der Waals surface area contributed by atoms with Gasteiger partial charge >= 0.3 is 0 Å². The molecule has 2 aliphatic carbocycles. The van der Waals surface area contributed by atoms with Crippen molar-refractivity contribution in [2.45, 2.75) is 89.9 Å². The van der Waals surface area contributed by atoms with Crippen molar-refractivity contribution in [2.75, 3.05) is 0 Å². The minimum atomic E-state index is -1.08. The minimum Gasteiger partial charge on any atom is -0.206 e. The lowest BCUT2D eigenvalue weighted by Gasteiger charge is -2.42. The molecule has 2 unspecified atom stereocenters. The van der Waals surface area contributed by atoms with Crippen molar-refractivity contribution in [3.63, 3.8) is 0 Å². The Labute approximate surface area is 179 Å². The van der Waals surface area contributed by atoms with Crippen molar-refractivity contribution >= 4 is 10.8 Å². The first-order valence-corrected chi connectivity index (χ1v) is 12.1. The lowest BCUT2D eigenvalue weighted by molar-refractivity contribution is 0.113. The molecule has 2 fully saturated rings. The number of hydrogen-bond acceptors (Lipinski definition) is 0. The van der Waals surface area contributed by atoms with Gasteiger partial charge in [0.1, 0.15) is 5.82 Å². The van der Waals surface area contributed by atoms with E-state index in [-0.39, 0.29) is 5.39 Å². The smallest absolute Gasteiger partial charge is 0.169 e. The number of halogens is 3. The molecule has 4 rings (SSSR count). The molecule has 0 amide bonds. The van der Waals surface area contributed by atoms with Crippen LogP contribution < -0.4 is 0 Å². The zero-order valence-electron chi connectivity index (χ0n) is 18.2. The quantitative estimate of drug-likeness (QED) is 0.395. The molecular weight excluding hydrogens is 381 g/mol. The molecule has 0 aliphatic heterocycles. The zero-order chi connectivity index (χ0) is 21.1. The highest BCUT2D eigenvalue weighted by molar-refractivity contribution is 5.84. The highest BCUT2D eigenvalue weighted by Gasteiger charge is 2.36. The summed E-state index contributed by atoms with van der Waals surface area (Å²) in [7, 11) is 0. The van der Waals surface area contributed by atoms with Gasteiger partial charge in [0.2, 0.25) is 0 Å². The number of benzene rings is 2. The van der Waals surface area contributed by atoms with Crippen molar-refractivity contribution in [1.82, 2.24) is 0 Å². The van der Waals surface area contributed by atoms with Gasteiger partial charge in [0.05, 0.1) is 5.39 Å². The van der Waals surface area contributed by atoms with E-state index in [4.69, 9.17) is 0 Å². The maximum atomic E-state index is 14.6. The maximum Gasteiger partial charge on any atom is 0.169 e.